The molecular weight excluding hydrogens is 589 g/mol. The number of rotatable bonds is 3. The average molecular weight is 623 g/mol. The molecule has 0 heterocycles. The van der Waals surface area contributed by atoms with Gasteiger partial charge in [0.25, 0.3) is 0 Å². The van der Waals surface area contributed by atoms with E-state index in [0.29, 0.717) is 0 Å². The lowest BCUT2D eigenvalue weighted by Gasteiger charge is -2.24. The summed E-state index contributed by atoms with van der Waals surface area (Å²) in [4.78, 5) is 0. The maximum absolute atomic E-state index is 2.49. The van der Waals surface area contributed by atoms with Gasteiger partial charge in [0.2, 0.25) is 0 Å². The van der Waals surface area contributed by atoms with E-state index in [1.807, 2.05) is 0 Å². The Morgan fingerprint density at radius 1 is 0.327 bits per heavy atom. The minimum atomic E-state index is -0.119. The van der Waals surface area contributed by atoms with E-state index in [9.17, 15) is 0 Å². The fraction of sp³-hybridized carbons (Fsp3) is 0.0612. The molecule has 1 aliphatic rings. The van der Waals surface area contributed by atoms with Gasteiger partial charge in [-0.05, 0) is 117 Å². The van der Waals surface area contributed by atoms with E-state index in [1.165, 1.54) is 98.7 Å². The molecule has 10 rings (SSSR count). The zero-order chi connectivity index (χ0) is 32.7. The molecule has 0 atom stereocenters. The van der Waals surface area contributed by atoms with Crippen molar-refractivity contribution in [1.82, 2.24) is 0 Å². The van der Waals surface area contributed by atoms with Crippen LogP contribution in [0.15, 0.2) is 170 Å². The molecule has 230 valence electrons. The minimum Gasteiger partial charge on any atom is -0.0622 e. The van der Waals surface area contributed by atoms with Gasteiger partial charge in [-0.3, -0.25) is 0 Å². The Morgan fingerprint density at radius 2 is 0.857 bits per heavy atom. The molecule has 0 N–H and O–H groups in total. The molecular formula is C49H34. The van der Waals surface area contributed by atoms with Crippen LogP contribution in [0.3, 0.4) is 0 Å². The zero-order valence-corrected chi connectivity index (χ0v) is 27.7. The van der Waals surface area contributed by atoms with Crippen molar-refractivity contribution in [3.05, 3.63) is 181 Å². The highest BCUT2D eigenvalue weighted by Gasteiger charge is 2.37. The van der Waals surface area contributed by atoms with Crippen molar-refractivity contribution < 1.29 is 0 Å². The Labute approximate surface area is 286 Å². The van der Waals surface area contributed by atoms with Crippen LogP contribution in [0.2, 0.25) is 0 Å². The third-order valence-corrected chi connectivity index (χ3v) is 11.0. The van der Waals surface area contributed by atoms with Crippen LogP contribution in [0.1, 0.15) is 25.0 Å². The summed E-state index contributed by atoms with van der Waals surface area (Å²) in [5, 5.41) is 10.3. The molecule has 9 aromatic carbocycles. The molecule has 0 radical (unpaired) electrons. The first kappa shape index (κ1) is 28.1. The summed E-state index contributed by atoms with van der Waals surface area (Å²) >= 11 is 0. The van der Waals surface area contributed by atoms with Gasteiger partial charge in [-0.2, -0.15) is 0 Å². The predicted molar refractivity (Wildman–Crippen MR) is 210 cm³/mol. The molecule has 9 aromatic rings. The van der Waals surface area contributed by atoms with Crippen molar-refractivity contribution in [3.8, 4) is 44.5 Å². The number of fused-ring (bicyclic) bond motifs is 8. The molecule has 0 aliphatic heterocycles. The summed E-state index contributed by atoms with van der Waals surface area (Å²) in [5.41, 5.74) is 13.0. The van der Waals surface area contributed by atoms with E-state index in [0.717, 1.165) is 0 Å². The van der Waals surface area contributed by atoms with Gasteiger partial charge in [-0.1, -0.05) is 166 Å². The summed E-state index contributed by atoms with van der Waals surface area (Å²) in [6.07, 6.45) is 0. The highest BCUT2D eigenvalue weighted by atomic mass is 14.4. The largest absolute Gasteiger partial charge is 0.0622 e. The van der Waals surface area contributed by atoms with Gasteiger partial charge >= 0.3 is 0 Å². The van der Waals surface area contributed by atoms with Crippen molar-refractivity contribution in [3.63, 3.8) is 0 Å². The van der Waals surface area contributed by atoms with Crippen molar-refractivity contribution in [2.24, 2.45) is 0 Å². The smallest absolute Gasteiger partial charge is 0.0165 e. The summed E-state index contributed by atoms with van der Waals surface area (Å²) in [6, 6.07) is 63.1. The van der Waals surface area contributed by atoms with Crippen molar-refractivity contribution >= 4 is 43.1 Å². The lowest BCUT2D eigenvalue weighted by Crippen LogP contribution is -2.15. The van der Waals surface area contributed by atoms with Crippen molar-refractivity contribution in [1.29, 1.82) is 0 Å². The highest BCUT2D eigenvalue weighted by Crippen LogP contribution is 2.53. The van der Waals surface area contributed by atoms with E-state index in [4.69, 9.17) is 0 Å². The maximum Gasteiger partial charge on any atom is 0.0165 e. The van der Waals surface area contributed by atoms with E-state index in [2.05, 4.69) is 184 Å². The monoisotopic (exact) mass is 622 g/mol. The molecule has 0 bridgehead atoms. The first-order chi connectivity index (χ1) is 24.1. The second-order valence-electron chi connectivity index (χ2n) is 14.0. The van der Waals surface area contributed by atoms with Crippen LogP contribution in [0.25, 0.3) is 87.6 Å². The molecule has 0 saturated carbocycles. The van der Waals surface area contributed by atoms with Gasteiger partial charge in [-0.25, -0.2) is 0 Å². The van der Waals surface area contributed by atoms with Crippen molar-refractivity contribution in [2.45, 2.75) is 19.3 Å². The van der Waals surface area contributed by atoms with Crippen LogP contribution in [0, 0.1) is 0 Å². The second kappa shape index (κ2) is 10.5. The first-order valence-electron chi connectivity index (χ1n) is 17.3. The van der Waals surface area contributed by atoms with Gasteiger partial charge in [-0.15, -0.1) is 0 Å². The molecule has 49 heavy (non-hydrogen) atoms. The summed E-state index contributed by atoms with van der Waals surface area (Å²) in [5.74, 6) is 0. The molecule has 0 unspecified atom stereocenters. The quantitative estimate of drug-likeness (QED) is 0.172. The van der Waals surface area contributed by atoms with Crippen LogP contribution in [-0.4, -0.2) is 0 Å². The highest BCUT2D eigenvalue weighted by molar-refractivity contribution is 6.22. The minimum absolute atomic E-state index is 0.119. The van der Waals surface area contributed by atoms with Crippen LogP contribution < -0.4 is 0 Å². The third-order valence-electron chi connectivity index (χ3n) is 11.0. The molecule has 0 fully saturated rings. The lowest BCUT2D eigenvalue weighted by molar-refractivity contribution is 0.666. The number of benzene rings is 9. The van der Waals surface area contributed by atoms with E-state index >= 15 is 0 Å². The Balaban J connectivity index is 1.24. The second-order valence-corrected chi connectivity index (χ2v) is 14.0. The topological polar surface area (TPSA) is 0 Å². The van der Waals surface area contributed by atoms with Gasteiger partial charge in [0.05, 0.1) is 0 Å². The molecule has 0 spiro atoms. The average Bonchev–Trinajstić information content (AvgIpc) is 3.39. The Hall–Kier alpha value is -5.98. The van der Waals surface area contributed by atoms with E-state index in [1.54, 1.807) is 0 Å². The molecule has 0 aromatic heterocycles. The van der Waals surface area contributed by atoms with Gasteiger partial charge < -0.3 is 0 Å². The zero-order valence-electron chi connectivity index (χ0n) is 27.7. The Bertz CT molecular complexity index is 2720. The molecule has 1 aliphatic carbocycles. The Kier molecular flexibility index (Phi) is 6.02. The van der Waals surface area contributed by atoms with E-state index < -0.39 is 0 Å². The van der Waals surface area contributed by atoms with Gasteiger partial charge in [0.15, 0.2) is 0 Å². The third kappa shape index (κ3) is 4.11. The molecule has 0 amide bonds. The van der Waals surface area contributed by atoms with Crippen LogP contribution in [0.5, 0.6) is 0 Å². The first-order valence-corrected chi connectivity index (χ1v) is 17.3. The van der Waals surface area contributed by atoms with Crippen molar-refractivity contribution in [2.75, 3.05) is 0 Å². The normalized spacial score (nSPS) is 13.3. The van der Waals surface area contributed by atoms with Gasteiger partial charge in [0.1, 0.15) is 0 Å². The number of hydrogen-bond donors (Lipinski definition) is 0. The molecule has 0 heteroatoms. The molecule has 0 nitrogen and oxygen atoms in total. The fourth-order valence-electron chi connectivity index (χ4n) is 8.82. The fourth-order valence-corrected chi connectivity index (χ4v) is 8.82. The molecule has 0 saturated heterocycles. The van der Waals surface area contributed by atoms with Crippen LogP contribution in [0.4, 0.5) is 0 Å². The maximum atomic E-state index is 2.49. The summed E-state index contributed by atoms with van der Waals surface area (Å²) < 4.78 is 0. The summed E-state index contributed by atoms with van der Waals surface area (Å²) in [6.45, 7) is 4.80. The Morgan fingerprint density at radius 3 is 1.53 bits per heavy atom. The standard InChI is InChI=1S/C49H34/c1-49(2)45-30-34(25-26-38(45)43-27-24-32-16-6-9-19-37(32)48(43)49)46-39-20-10-12-22-41(39)47(42-23-13-11-21-40(42)46)35-28-33-17-7-8-18-36(33)44(29-35)31-14-4-3-5-15-31/h3-30H,1-2H3. The van der Waals surface area contributed by atoms with Crippen LogP contribution in [-0.2, 0) is 5.41 Å². The SMILES string of the molecule is CC1(C)c2cc(-c3c4ccccc4c(-c4cc(-c5ccccc5)c5ccccc5c4)c4ccccc34)ccc2-c2ccc3ccccc3c21. The summed E-state index contributed by atoms with van der Waals surface area (Å²) in [7, 11) is 0. The predicted octanol–water partition coefficient (Wildman–Crippen LogP) is 13.6. The van der Waals surface area contributed by atoms with Gasteiger partial charge in [0, 0.05) is 5.41 Å². The van der Waals surface area contributed by atoms with E-state index in [-0.39, 0.29) is 5.41 Å². The van der Waals surface area contributed by atoms with Crippen LogP contribution >= 0.6 is 0 Å². The number of hydrogen-bond acceptors (Lipinski definition) is 0. The lowest BCUT2D eigenvalue weighted by atomic mass is 9.79.